The van der Waals surface area contributed by atoms with Gasteiger partial charge in [0, 0.05) is 5.56 Å². The summed E-state index contributed by atoms with van der Waals surface area (Å²) in [5.41, 5.74) is 0.421. The smallest absolute Gasteiger partial charge is 0.267 e. The molecule has 0 aliphatic rings. The predicted molar refractivity (Wildman–Crippen MR) is 54.5 cm³/mol. The van der Waals surface area contributed by atoms with Gasteiger partial charge in [0.2, 0.25) is 0 Å². The Bertz CT molecular complexity index is 500. The number of hydrogen-bond acceptors (Lipinski definition) is 5. The zero-order valence-corrected chi connectivity index (χ0v) is 8.73. The molecule has 0 heterocycles. The fourth-order valence-electron chi connectivity index (χ4n) is 0.839. The molecule has 0 aliphatic heterocycles. The van der Waals surface area contributed by atoms with Crippen LogP contribution in [0.25, 0.3) is 0 Å². The van der Waals surface area contributed by atoms with E-state index in [1.807, 2.05) is 0 Å². The molecule has 0 fully saturated rings. The van der Waals surface area contributed by atoms with Crippen molar-refractivity contribution in [3.63, 3.8) is 0 Å². The molecule has 0 aliphatic carbocycles. The minimum Gasteiger partial charge on any atom is -0.267 e. The van der Waals surface area contributed by atoms with E-state index in [1.54, 1.807) is 36.4 Å². The van der Waals surface area contributed by atoms with Crippen LogP contribution in [0.3, 0.4) is 0 Å². The van der Waals surface area contributed by atoms with Crippen LogP contribution in [0.1, 0.15) is 5.56 Å². The summed E-state index contributed by atoms with van der Waals surface area (Å²) in [5, 5.41) is 12.0. The standard InChI is InChI=1S/C9H8N2O3S/c1-15(12,13)14-11-9(7-10)8-5-3-2-4-6-8/h2-6H,1H3/b11-9+. The van der Waals surface area contributed by atoms with Crippen molar-refractivity contribution < 1.29 is 12.7 Å². The Morgan fingerprint density at radius 2 is 2.00 bits per heavy atom. The Morgan fingerprint density at radius 1 is 1.40 bits per heavy atom. The van der Waals surface area contributed by atoms with Crippen LogP contribution < -0.4 is 0 Å². The zero-order chi connectivity index (χ0) is 11.3. The van der Waals surface area contributed by atoms with Gasteiger partial charge in [-0.2, -0.15) is 13.7 Å². The number of benzene rings is 1. The molecule has 0 aromatic heterocycles. The molecule has 0 radical (unpaired) electrons. The minimum atomic E-state index is -3.68. The number of rotatable bonds is 3. The van der Waals surface area contributed by atoms with E-state index in [0.29, 0.717) is 5.56 Å². The second-order valence-corrected chi connectivity index (χ2v) is 4.25. The lowest BCUT2D eigenvalue weighted by atomic mass is 10.1. The second kappa shape index (κ2) is 4.57. The maximum atomic E-state index is 10.6. The van der Waals surface area contributed by atoms with Crippen molar-refractivity contribution >= 4 is 15.8 Å². The van der Waals surface area contributed by atoms with Crippen molar-refractivity contribution in [3.05, 3.63) is 35.9 Å². The third-order valence-electron chi connectivity index (χ3n) is 1.42. The van der Waals surface area contributed by atoms with Crippen LogP contribution >= 0.6 is 0 Å². The molecular formula is C9H8N2O3S. The van der Waals surface area contributed by atoms with Gasteiger partial charge in [-0.05, 0) is 0 Å². The number of nitriles is 1. The highest BCUT2D eigenvalue weighted by molar-refractivity contribution is 7.85. The molecule has 0 N–H and O–H groups in total. The van der Waals surface area contributed by atoms with Gasteiger partial charge in [-0.25, -0.2) is 0 Å². The summed E-state index contributed by atoms with van der Waals surface area (Å²) in [4.78, 5) is 0. The summed E-state index contributed by atoms with van der Waals surface area (Å²) in [7, 11) is -3.68. The lowest BCUT2D eigenvalue weighted by Gasteiger charge is -1.97. The minimum absolute atomic E-state index is 0.0824. The van der Waals surface area contributed by atoms with Crippen LogP contribution in [0.5, 0.6) is 0 Å². The van der Waals surface area contributed by atoms with Crippen molar-refractivity contribution in [2.75, 3.05) is 6.26 Å². The third kappa shape index (κ3) is 3.79. The average molecular weight is 224 g/mol. The number of nitrogens with zero attached hydrogens (tertiary/aromatic N) is 2. The van der Waals surface area contributed by atoms with Crippen molar-refractivity contribution in [1.29, 1.82) is 5.26 Å². The van der Waals surface area contributed by atoms with E-state index in [0.717, 1.165) is 6.26 Å². The van der Waals surface area contributed by atoms with E-state index in [1.165, 1.54) is 0 Å². The van der Waals surface area contributed by atoms with E-state index in [9.17, 15) is 8.42 Å². The normalized spacial score (nSPS) is 11.9. The van der Waals surface area contributed by atoms with Crippen molar-refractivity contribution in [2.24, 2.45) is 5.16 Å². The second-order valence-electron chi connectivity index (χ2n) is 2.70. The first-order valence-corrected chi connectivity index (χ1v) is 5.77. The molecule has 5 nitrogen and oxygen atoms in total. The maximum absolute atomic E-state index is 10.6. The summed E-state index contributed by atoms with van der Waals surface area (Å²) < 4.78 is 25.5. The fourth-order valence-corrected chi connectivity index (χ4v) is 1.05. The highest BCUT2D eigenvalue weighted by Gasteiger charge is 2.05. The van der Waals surface area contributed by atoms with Crippen LogP contribution in [0.2, 0.25) is 0 Å². The molecule has 15 heavy (non-hydrogen) atoms. The molecule has 1 aromatic rings. The summed E-state index contributed by atoms with van der Waals surface area (Å²) in [5.74, 6) is 0. The van der Waals surface area contributed by atoms with Crippen LogP contribution in [0.4, 0.5) is 0 Å². The summed E-state index contributed by atoms with van der Waals surface area (Å²) in [6.45, 7) is 0. The van der Waals surface area contributed by atoms with E-state index in [2.05, 4.69) is 9.44 Å². The molecule has 0 unspecified atom stereocenters. The van der Waals surface area contributed by atoms with Gasteiger partial charge in [-0.3, -0.25) is 4.28 Å². The molecule has 0 atom stereocenters. The van der Waals surface area contributed by atoms with Gasteiger partial charge in [-0.1, -0.05) is 35.5 Å². The Balaban J connectivity index is 2.97. The van der Waals surface area contributed by atoms with Gasteiger partial charge in [0.1, 0.15) is 6.07 Å². The lowest BCUT2D eigenvalue weighted by molar-refractivity contribution is 0.344. The largest absolute Gasteiger partial charge is 0.325 e. The first kappa shape index (κ1) is 11.2. The van der Waals surface area contributed by atoms with Gasteiger partial charge < -0.3 is 0 Å². The summed E-state index contributed by atoms with van der Waals surface area (Å²) in [6, 6.07) is 10.2. The van der Waals surface area contributed by atoms with Gasteiger partial charge in [0.05, 0.1) is 6.26 Å². The molecule has 1 aromatic carbocycles. The Morgan fingerprint density at radius 3 is 2.47 bits per heavy atom. The molecule has 78 valence electrons. The summed E-state index contributed by atoms with van der Waals surface area (Å²) in [6.07, 6.45) is 0.858. The van der Waals surface area contributed by atoms with Crippen LogP contribution in [0.15, 0.2) is 35.5 Å². The fraction of sp³-hybridized carbons (Fsp3) is 0.111. The van der Waals surface area contributed by atoms with E-state index in [-0.39, 0.29) is 5.71 Å². The van der Waals surface area contributed by atoms with E-state index < -0.39 is 10.1 Å². The quantitative estimate of drug-likeness (QED) is 0.564. The van der Waals surface area contributed by atoms with Crippen molar-refractivity contribution in [3.8, 4) is 6.07 Å². The molecule has 0 saturated heterocycles. The SMILES string of the molecule is CS(=O)(=O)O/N=C(\C#N)c1ccccc1. The first-order chi connectivity index (χ1) is 7.03. The van der Waals surface area contributed by atoms with Gasteiger partial charge >= 0.3 is 10.1 Å². The van der Waals surface area contributed by atoms with Gasteiger partial charge in [0.25, 0.3) is 0 Å². The van der Waals surface area contributed by atoms with Crippen molar-refractivity contribution in [1.82, 2.24) is 0 Å². The van der Waals surface area contributed by atoms with Crippen molar-refractivity contribution in [2.45, 2.75) is 0 Å². The van der Waals surface area contributed by atoms with Gasteiger partial charge in [0.15, 0.2) is 5.71 Å². The van der Waals surface area contributed by atoms with Crippen LogP contribution in [-0.2, 0) is 14.4 Å². The topological polar surface area (TPSA) is 79.5 Å². The average Bonchev–Trinajstić information content (AvgIpc) is 2.19. The predicted octanol–water partition coefficient (Wildman–Crippen LogP) is 0.890. The zero-order valence-electron chi connectivity index (χ0n) is 7.91. The molecule has 0 saturated carbocycles. The summed E-state index contributed by atoms with van der Waals surface area (Å²) >= 11 is 0. The monoisotopic (exact) mass is 224 g/mol. The maximum Gasteiger partial charge on any atom is 0.325 e. The Labute approximate surface area is 87.7 Å². The first-order valence-electron chi connectivity index (χ1n) is 3.95. The van der Waals surface area contributed by atoms with Gasteiger partial charge in [-0.15, -0.1) is 0 Å². The molecular weight excluding hydrogens is 216 g/mol. The van der Waals surface area contributed by atoms with E-state index in [4.69, 9.17) is 5.26 Å². The number of hydrogen-bond donors (Lipinski definition) is 0. The molecule has 0 spiro atoms. The van der Waals surface area contributed by atoms with E-state index >= 15 is 0 Å². The third-order valence-corrected chi connectivity index (χ3v) is 1.76. The Kier molecular flexibility index (Phi) is 3.42. The molecule has 0 amide bonds. The van der Waals surface area contributed by atoms with Crippen LogP contribution in [-0.4, -0.2) is 20.4 Å². The van der Waals surface area contributed by atoms with Crippen LogP contribution in [0, 0.1) is 11.3 Å². The number of oxime groups is 1. The molecule has 6 heteroatoms. The molecule has 1 rings (SSSR count). The Hall–Kier alpha value is -1.87. The lowest BCUT2D eigenvalue weighted by Crippen LogP contribution is -2.02. The highest BCUT2D eigenvalue weighted by atomic mass is 32.2. The molecule has 0 bridgehead atoms. The highest BCUT2D eigenvalue weighted by Crippen LogP contribution is 2.02.